The molecule has 27 heavy (non-hydrogen) atoms. The van der Waals surface area contributed by atoms with E-state index in [0.717, 1.165) is 25.7 Å². The highest BCUT2D eigenvalue weighted by molar-refractivity contribution is 7.91. The largest absolute Gasteiger partial charge is 0.495 e. The number of hydrogen-bond donors (Lipinski definition) is 1. The van der Waals surface area contributed by atoms with E-state index in [4.69, 9.17) is 9.15 Å². The Hall–Kier alpha value is -2.28. The van der Waals surface area contributed by atoms with E-state index in [1.165, 1.54) is 19.6 Å². The maximum Gasteiger partial charge on any atom is 0.339 e. The molecule has 0 unspecified atom stereocenters. The maximum atomic E-state index is 13.1. The van der Waals surface area contributed by atoms with E-state index < -0.39 is 15.8 Å². The average molecular weight is 390 g/mol. The van der Waals surface area contributed by atoms with E-state index in [9.17, 15) is 18.3 Å². The number of sulfone groups is 1. The van der Waals surface area contributed by atoms with Crippen LogP contribution >= 0.6 is 0 Å². The fourth-order valence-corrected chi connectivity index (χ4v) is 7.51. The first kappa shape index (κ1) is 18.1. The Balaban J connectivity index is 1.76. The van der Waals surface area contributed by atoms with Gasteiger partial charge in [-0.1, -0.05) is 12.1 Å². The topological polar surface area (TPSA) is 93.8 Å². The van der Waals surface area contributed by atoms with Crippen LogP contribution < -0.4 is 4.74 Å². The molecule has 2 aliphatic rings. The molecule has 2 fully saturated rings. The van der Waals surface area contributed by atoms with Crippen molar-refractivity contribution in [3.63, 3.8) is 0 Å². The molecule has 2 aromatic rings. The zero-order valence-corrected chi connectivity index (χ0v) is 15.9. The Kier molecular flexibility index (Phi) is 4.50. The summed E-state index contributed by atoms with van der Waals surface area (Å²) in [6, 6.07) is 4.99. The van der Waals surface area contributed by atoms with Crippen LogP contribution in [0.1, 0.15) is 41.6 Å². The van der Waals surface area contributed by atoms with E-state index in [-0.39, 0.29) is 39.7 Å². The summed E-state index contributed by atoms with van der Waals surface area (Å²) in [5.74, 6) is -0.863. The fourth-order valence-electron chi connectivity index (χ4n) is 4.92. The standard InChI is InChI=1S/C20H22O6S/c1-25-18-16(14-8-9-26-10-14)7-6-15(17(18)20(21)22)11-27(23,24)19-12-2-3-13(19)5-4-12/h6-10,12-13,19H,2-5,11H2,1H3,(H,21,22). The normalized spacial score (nSPS) is 24.3. The summed E-state index contributed by atoms with van der Waals surface area (Å²) in [6.07, 6.45) is 6.83. The quantitative estimate of drug-likeness (QED) is 0.807. The molecule has 1 heterocycles. The molecule has 0 radical (unpaired) electrons. The molecular formula is C20H22O6S. The Labute approximate surface area is 158 Å². The van der Waals surface area contributed by atoms with Gasteiger partial charge in [0.05, 0.1) is 30.6 Å². The molecule has 6 nitrogen and oxygen atoms in total. The van der Waals surface area contributed by atoms with Crippen LogP contribution in [0.5, 0.6) is 5.75 Å². The summed E-state index contributed by atoms with van der Waals surface area (Å²) in [5.41, 5.74) is 1.42. The highest BCUT2D eigenvalue weighted by Gasteiger charge is 2.48. The molecule has 7 heteroatoms. The molecule has 0 saturated heterocycles. The summed E-state index contributed by atoms with van der Waals surface area (Å²) in [4.78, 5) is 12.0. The second-order valence-corrected chi connectivity index (χ2v) is 9.60. The van der Waals surface area contributed by atoms with Gasteiger partial charge >= 0.3 is 5.97 Å². The van der Waals surface area contributed by atoms with Gasteiger partial charge in [0.25, 0.3) is 0 Å². The van der Waals surface area contributed by atoms with Gasteiger partial charge < -0.3 is 14.3 Å². The number of carboxylic acid groups (broad SMARTS) is 1. The Morgan fingerprint density at radius 2 is 1.85 bits per heavy atom. The minimum absolute atomic E-state index is 0.0925. The number of methoxy groups -OCH3 is 1. The number of fused-ring (bicyclic) bond motifs is 2. The van der Waals surface area contributed by atoms with Gasteiger partial charge in [-0.05, 0) is 49.1 Å². The molecule has 0 amide bonds. The molecule has 0 aliphatic heterocycles. The minimum atomic E-state index is -3.43. The molecule has 1 N–H and O–H groups in total. The summed E-state index contributed by atoms with van der Waals surface area (Å²) < 4.78 is 36.7. The molecular weight excluding hydrogens is 368 g/mol. The number of hydrogen-bond acceptors (Lipinski definition) is 5. The van der Waals surface area contributed by atoms with Crippen molar-refractivity contribution in [2.24, 2.45) is 11.8 Å². The Morgan fingerprint density at radius 1 is 1.19 bits per heavy atom. The fraction of sp³-hybridized carbons (Fsp3) is 0.450. The second-order valence-electron chi connectivity index (χ2n) is 7.44. The number of furan rings is 1. The van der Waals surface area contributed by atoms with Crippen LogP contribution in [0.25, 0.3) is 11.1 Å². The van der Waals surface area contributed by atoms with E-state index in [0.29, 0.717) is 11.1 Å². The monoisotopic (exact) mass is 390 g/mol. The lowest BCUT2D eigenvalue weighted by molar-refractivity contribution is 0.0692. The minimum Gasteiger partial charge on any atom is -0.495 e. The van der Waals surface area contributed by atoms with Gasteiger partial charge in [-0.2, -0.15) is 0 Å². The van der Waals surface area contributed by atoms with Crippen LogP contribution in [0, 0.1) is 11.8 Å². The van der Waals surface area contributed by atoms with Crippen molar-refractivity contribution in [1.82, 2.24) is 0 Å². The lowest BCUT2D eigenvalue weighted by Crippen LogP contribution is -2.28. The predicted molar refractivity (Wildman–Crippen MR) is 99.5 cm³/mol. The van der Waals surface area contributed by atoms with Crippen LogP contribution in [-0.2, 0) is 15.6 Å². The van der Waals surface area contributed by atoms with Crippen molar-refractivity contribution in [3.05, 3.63) is 41.9 Å². The third-order valence-electron chi connectivity index (χ3n) is 6.01. The number of ether oxygens (including phenoxy) is 1. The number of rotatable bonds is 6. The molecule has 2 aliphatic carbocycles. The highest BCUT2D eigenvalue weighted by atomic mass is 32.2. The van der Waals surface area contributed by atoms with E-state index in [2.05, 4.69) is 0 Å². The molecule has 0 atom stereocenters. The van der Waals surface area contributed by atoms with Gasteiger partial charge in [0.2, 0.25) is 0 Å². The van der Waals surface area contributed by atoms with Crippen LogP contribution in [0.15, 0.2) is 35.1 Å². The zero-order chi connectivity index (χ0) is 19.2. The lowest BCUT2D eigenvalue weighted by Gasteiger charge is -2.19. The zero-order valence-electron chi connectivity index (χ0n) is 15.1. The molecule has 1 aromatic heterocycles. The van der Waals surface area contributed by atoms with Crippen LogP contribution in [0.3, 0.4) is 0 Å². The Bertz CT molecular complexity index is 941. The predicted octanol–water partition coefficient (Wildman–Crippen LogP) is 3.76. The molecule has 4 rings (SSSR count). The molecule has 144 valence electrons. The number of benzene rings is 1. The summed E-state index contributed by atoms with van der Waals surface area (Å²) in [6.45, 7) is 0. The Morgan fingerprint density at radius 3 is 2.37 bits per heavy atom. The van der Waals surface area contributed by atoms with Crippen molar-refractivity contribution in [2.45, 2.75) is 36.7 Å². The van der Waals surface area contributed by atoms with Crippen LogP contribution in [0.4, 0.5) is 0 Å². The third kappa shape index (κ3) is 3.04. The molecule has 1 aromatic carbocycles. The summed E-state index contributed by atoms with van der Waals surface area (Å²) in [7, 11) is -2.04. The first-order valence-electron chi connectivity index (χ1n) is 9.09. The number of carboxylic acids is 1. The van der Waals surface area contributed by atoms with Gasteiger partial charge in [0.1, 0.15) is 11.3 Å². The lowest BCUT2D eigenvalue weighted by atomic mass is 9.99. The van der Waals surface area contributed by atoms with Crippen molar-refractivity contribution < 1.29 is 27.5 Å². The molecule has 2 bridgehead atoms. The van der Waals surface area contributed by atoms with Gasteiger partial charge in [0, 0.05) is 11.1 Å². The summed E-state index contributed by atoms with van der Waals surface area (Å²) in [5, 5.41) is 9.45. The molecule has 0 spiro atoms. The second kappa shape index (κ2) is 6.71. The highest BCUT2D eigenvalue weighted by Crippen LogP contribution is 2.49. The van der Waals surface area contributed by atoms with Crippen molar-refractivity contribution in [3.8, 4) is 16.9 Å². The third-order valence-corrected chi connectivity index (χ3v) is 8.32. The first-order valence-corrected chi connectivity index (χ1v) is 10.8. The first-order chi connectivity index (χ1) is 12.9. The van der Waals surface area contributed by atoms with Gasteiger partial charge in [0.15, 0.2) is 9.84 Å². The van der Waals surface area contributed by atoms with Gasteiger partial charge in [-0.15, -0.1) is 0 Å². The van der Waals surface area contributed by atoms with Gasteiger partial charge in [-0.25, -0.2) is 13.2 Å². The smallest absolute Gasteiger partial charge is 0.339 e. The van der Waals surface area contributed by atoms with Crippen LogP contribution in [0.2, 0.25) is 0 Å². The SMILES string of the molecule is COc1c(-c2ccoc2)ccc(CS(=O)(=O)C2C3CCC2CC3)c1C(=O)O. The van der Waals surface area contributed by atoms with E-state index >= 15 is 0 Å². The maximum absolute atomic E-state index is 13.1. The number of carbonyl (C=O) groups is 1. The van der Waals surface area contributed by atoms with Gasteiger partial charge in [-0.3, -0.25) is 0 Å². The van der Waals surface area contributed by atoms with E-state index in [1.807, 2.05) is 0 Å². The average Bonchev–Trinajstić information content (AvgIpc) is 3.37. The number of aromatic carboxylic acids is 1. The van der Waals surface area contributed by atoms with Crippen molar-refractivity contribution >= 4 is 15.8 Å². The summed E-state index contributed by atoms with van der Waals surface area (Å²) >= 11 is 0. The van der Waals surface area contributed by atoms with Crippen LogP contribution in [-0.4, -0.2) is 31.9 Å². The van der Waals surface area contributed by atoms with E-state index in [1.54, 1.807) is 18.2 Å². The van der Waals surface area contributed by atoms with Crippen molar-refractivity contribution in [1.29, 1.82) is 0 Å². The molecule has 2 saturated carbocycles. The van der Waals surface area contributed by atoms with Crippen molar-refractivity contribution in [2.75, 3.05) is 7.11 Å².